The molecule has 0 spiro atoms. The van der Waals surface area contributed by atoms with E-state index < -0.39 is 0 Å². The Morgan fingerprint density at radius 1 is 1.45 bits per heavy atom. The van der Waals surface area contributed by atoms with Crippen LogP contribution in [0.1, 0.15) is 44.1 Å². The van der Waals surface area contributed by atoms with E-state index in [-0.39, 0.29) is 0 Å². The Labute approximate surface area is 129 Å². The molecule has 0 aliphatic heterocycles. The van der Waals surface area contributed by atoms with E-state index in [1.807, 2.05) is 6.92 Å². The highest BCUT2D eigenvalue weighted by Crippen LogP contribution is 2.63. The van der Waals surface area contributed by atoms with Crippen LogP contribution in [-0.2, 0) is 0 Å². The Hall–Kier alpha value is -0.540. The fourth-order valence-electron chi connectivity index (χ4n) is 4.40. The van der Waals surface area contributed by atoms with Gasteiger partial charge in [-0.3, -0.25) is 0 Å². The molecule has 3 aliphatic rings. The van der Waals surface area contributed by atoms with Crippen molar-refractivity contribution in [1.29, 1.82) is 0 Å². The molecule has 1 aromatic rings. The van der Waals surface area contributed by atoms with Crippen molar-refractivity contribution in [1.82, 2.24) is 0 Å². The molecule has 110 valence electrons. The van der Waals surface area contributed by atoms with Crippen LogP contribution in [0.4, 0.5) is 0 Å². The third-order valence-electron chi connectivity index (χ3n) is 5.92. The van der Waals surface area contributed by atoms with E-state index >= 15 is 0 Å². The Kier molecular flexibility index (Phi) is 3.41. The summed E-state index contributed by atoms with van der Waals surface area (Å²) in [5, 5.41) is 13.2. The number of hydrogen-bond donors (Lipinski definition) is 1. The molecule has 1 heterocycles. The van der Waals surface area contributed by atoms with E-state index in [0.29, 0.717) is 17.3 Å². The number of thiophene rings is 1. The lowest BCUT2D eigenvalue weighted by Crippen LogP contribution is -2.56. The Bertz CT molecular complexity index is 543. The van der Waals surface area contributed by atoms with Gasteiger partial charge in [0.05, 0.1) is 9.21 Å². The first-order valence-corrected chi connectivity index (χ1v) is 8.54. The molecular formula is C16H22ClNOS. The summed E-state index contributed by atoms with van der Waals surface area (Å²) in [4.78, 5) is 1.03. The summed E-state index contributed by atoms with van der Waals surface area (Å²) in [5.74, 6) is 2.45. The zero-order valence-electron chi connectivity index (χ0n) is 12.5. The van der Waals surface area contributed by atoms with Crippen molar-refractivity contribution in [2.24, 2.45) is 34.2 Å². The minimum absolute atomic E-state index is 0.367. The maximum atomic E-state index is 9.53. The van der Waals surface area contributed by atoms with Crippen molar-refractivity contribution in [3.63, 3.8) is 0 Å². The van der Waals surface area contributed by atoms with Crippen LogP contribution in [0, 0.1) is 36.0 Å². The number of rotatable bonds is 2. The molecule has 3 fully saturated rings. The number of aryl methyl sites for hydroxylation is 1. The molecule has 0 unspecified atom stereocenters. The molecule has 4 rings (SSSR count). The highest BCUT2D eigenvalue weighted by Gasteiger charge is 2.57. The van der Waals surface area contributed by atoms with Crippen LogP contribution in [0.5, 0.6) is 0 Å². The molecule has 0 radical (unpaired) electrons. The number of halogens is 1. The minimum Gasteiger partial charge on any atom is -0.411 e. The second-order valence-electron chi connectivity index (χ2n) is 7.11. The summed E-state index contributed by atoms with van der Waals surface area (Å²) >= 11 is 7.70. The van der Waals surface area contributed by atoms with Gasteiger partial charge in [0.1, 0.15) is 5.71 Å². The van der Waals surface area contributed by atoms with Crippen LogP contribution in [0.3, 0.4) is 0 Å². The van der Waals surface area contributed by atoms with Gasteiger partial charge in [-0.05, 0) is 54.6 Å². The molecule has 3 saturated carbocycles. The topological polar surface area (TPSA) is 32.6 Å². The van der Waals surface area contributed by atoms with E-state index in [1.54, 1.807) is 0 Å². The van der Waals surface area contributed by atoms with E-state index in [2.05, 4.69) is 32.0 Å². The molecule has 0 saturated heterocycles. The average Bonchev–Trinajstić information content (AvgIpc) is 2.71. The normalized spacial score (nSPS) is 35.8. The third kappa shape index (κ3) is 1.93. The van der Waals surface area contributed by atoms with Gasteiger partial charge >= 0.3 is 0 Å². The van der Waals surface area contributed by atoms with E-state index in [0.717, 1.165) is 38.7 Å². The van der Waals surface area contributed by atoms with Crippen LogP contribution in [0.2, 0.25) is 4.34 Å². The van der Waals surface area contributed by atoms with Crippen LogP contribution in [0.15, 0.2) is 11.2 Å². The lowest BCUT2D eigenvalue weighted by Gasteiger charge is -2.62. The number of oxime groups is 1. The second kappa shape index (κ2) is 4.74. The zero-order valence-corrected chi connectivity index (χ0v) is 14.1. The number of hydrogen-bond acceptors (Lipinski definition) is 3. The fraction of sp³-hybridized carbons (Fsp3) is 0.688. The summed E-state index contributed by atoms with van der Waals surface area (Å²) in [6, 6.07) is 2.06. The van der Waals surface area contributed by atoms with Crippen LogP contribution >= 0.6 is 22.9 Å². The quantitative estimate of drug-likeness (QED) is 0.454. The van der Waals surface area contributed by atoms with E-state index in [1.165, 1.54) is 17.8 Å². The van der Waals surface area contributed by atoms with Crippen molar-refractivity contribution >= 4 is 28.6 Å². The van der Waals surface area contributed by atoms with Crippen molar-refractivity contribution in [3.05, 3.63) is 20.8 Å². The first-order chi connectivity index (χ1) is 9.36. The highest BCUT2D eigenvalue weighted by atomic mass is 35.5. The summed E-state index contributed by atoms with van der Waals surface area (Å²) in [7, 11) is 0. The van der Waals surface area contributed by atoms with Crippen molar-refractivity contribution < 1.29 is 5.21 Å². The summed E-state index contributed by atoms with van der Waals surface area (Å²) in [6.07, 6.45) is 2.48. The molecule has 0 amide bonds. The van der Waals surface area contributed by atoms with Gasteiger partial charge in [0.15, 0.2) is 0 Å². The van der Waals surface area contributed by atoms with E-state index in [9.17, 15) is 5.21 Å². The van der Waals surface area contributed by atoms with Gasteiger partial charge < -0.3 is 5.21 Å². The molecule has 2 bridgehead atoms. The Balaban J connectivity index is 1.89. The SMILES string of the molecule is Cc1cc(/C(=N/O)[C@@H]2C[C@@H]3C[C@H]([C@H]2C)C3(C)C)sc1Cl. The first kappa shape index (κ1) is 14.4. The van der Waals surface area contributed by atoms with Gasteiger partial charge in [-0.1, -0.05) is 37.5 Å². The molecule has 20 heavy (non-hydrogen) atoms. The molecule has 0 aromatic carbocycles. The number of fused-ring (bicyclic) bond motifs is 2. The molecule has 3 aliphatic carbocycles. The van der Waals surface area contributed by atoms with Crippen LogP contribution < -0.4 is 0 Å². The summed E-state index contributed by atoms with van der Waals surface area (Å²) in [6.45, 7) is 9.10. The zero-order chi connectivity index (χ0) is 14.7. The molecule has 2 nitrogen and oxygen atoms in total. The highest BCUT2D eigenvalue weighted by molar-refractivity contribution is 7.18. The van der Waals surface area contributed by atoms with Gasteiger partial charge in [0.25, 0.3) is 0 Å². The number of nitrogens with zero attached hydrogens (tertiary/aromatic N) is 1. The summed E-state index contributed by atoms with van der Waals surface area (Å²) in [5.41, 5.74) is 2.38. The van der Waals surface area contributed by atoms with Crippen molar-refractivity contribution in [3.8, 4) is 0 Å². The van der Waals surface area contributed by atoms with Crippen molar-refractivity contribution in [2.45, 2.75) is 40.5 Å². The van der Waals surface area contributed by atoms with Gasteiger partial charge in [-0.25, -0.2) is 0 Å². The van der Waals surface area contributed by atoms with Gasteiger partial charge in [0.2, 0.25) is 0 Å². The van der Waals surface area contributed by atoms with Gasteiger partial charge in [-0.2, -0.15) is 0 Å². The third-order valence-corrected chi connectivity index (χ3v) is 7.50. The molecule has 4 heteroatoms. The summed E-state index contributed by atoms with van der Waals surface area (Å²) < 4.78 is 0.801. The molecule has 1 N–H and O–H groups in total. The maximum Gasteiger partial charge on any atom is 0.100 e. The predicted molar refractivity (Wildman–Crippen MR) is 85.0 cm³/mol. The average molecular weight is 312 g/mol. The fourth-order valence-corrected chi connectivity index (χ4v) is 5.65. The van der Waals surface area contributed by atoms with Crippen molar-refractivity contribution in [2.75, 3.05) is 0 Å². The largest absolute Gasteiger partial charge is 0.411 e. The molecule has 1 aromatic heterocycles. The lowest BCUT2D eigenvalue weighted by atomic mass is 9.43. The molecule has 4 atom stereocenters. The predicted octanol–water partition coefficient (Wildman–Crippen LogP) is 5.21. The monoisotopic (exact) mass is 311 g/mol. The van der Waals surface area contributed by atoms with Crippen LogP contribution in [-0.4, -0.2) is 10.9 Å². The standard InChI is InChI=1S/C16H22ClNOS/c1-8-5-13(20-15(8)17)14(18-19)11-6-10-7-12(9(11)2)16(10,3)4/h5,9-12,19H,6-7H2,1-4H3/b18-14+/t9-,10+,11+,12+/m0/s1. The van der Waals surface area contributed by atoms with E-state index in [4.69, 9.17) is 11.6 Å². The minimum atomic E-state index is 0.367. The second-order valence-corrected chi connectivity index (χ2v) is 8.77. The van der Waals surface area contributed by atoms with Gasteiger partial charge in [0, 0.05) is 5.92 Å². The Morgan fingerprint density at radius 3 is 2.60 bits per heavy atom. The maximum absolute atomic E-state index is 9.53. The smallest absolute Gasteiger partial charge is 0.100 e. The molecular weight excluding hydrogens is 290 g/mol. The lowest BCUT2D eigenvalue weighted by molar-refractivity contribution is -0.114. The Morgan fingerprint density at radius 2 is 2.15 bits per heavy atom. The van der Waals surface area contributed by atoms with Gasteiger partial charge in [-0.15, -0.1) is 11.3 Å². The first-order valence-electron chi connectivity index (χ1n) is 7.34. The van der Waals surface area contributed by atoms with Crippen LogP contribution in [0.25, 0.3) is 0 Å².